The molecule has 2 N–H and O–H groups in total. The van der Waals surface area contributed by atoms with E-state index < -0.39 is 9.84 Å². The SMILES string of the molecule is Cc1cn(CCCS(C)(=O)=O)nc1N. The van der Waals surface area contributed by atoms with E-state index in [2.05, 4.69) is 5.10 Å². The van der Waals surface area contributed by atoms with Gasteiger partial charge in [-0.1, -0.05) is 0 Å². The molecule has 0 atom stereocenters. The van der Waals surface area contributed by atoms with Crippen molar-refractivity contribution < 1.29 is 8.42 Å². The topological polar surface area (TPSA) is 78.0 Å². The lowest BCUT2D eigenvalue weighted by molar-refractivity contribution is 0.577. The van der Waals surface area contributed by atoms with E-state index in [-0.39, 0.29) is 5.75 Å². The van der Waals surface area contributed by atoms with Gasteiger partial charge >= 0.3 is 0 Å². The van der Waals surface area contributed by atoms with Crippen LogP contribution in [0.2, 0.25) is 0 Å². The minimum absolute atomic E-state index is 0.186. The third-order valence-corrected chi connectivity index (χ3v) is 2.92. The number of rotatable bonds is 4. The Bertz CT molecular complexity index is 389. The van der Waals surface area contributed by atoms with E-state index in [1.54, 1.807) is 4.68 Å². The van der Waals surface area contributed by atoms with Gasteiger partial charge in [-0.2, -0.15) is 5.10 Å². The van der Waals surface area contributed by atoms with E-state index in [9.17, 15) is 8.42 Å². The van der Waals surface area contributed by atoms with Gasteiger partial charge in [-0.25, -0.2) is 8.42 Å². The quantitative estimate of drug-likeness (QED) is 0.782. The predicted octanol–water partition coefficient (Wildman–Crippen LogP) is 0.208. The van der Waals surface area contributed by atoms with Gasteiger partial charge in [0.25, 0.3) is 0 Å². The molecule has 80 valence electrons. The third-order valence-electron chi connectivity index (χ3n) is 1.89. The first-order valence-corrected chi connectivity index (χ1v) is 6.42. The largest absolute Gasteiger partial charge is 0.382 e. The molecule has 6 heteroatoms. The Kier molecular flexibility index (Phi) is 3.15. The van der Waals surface area contributed by atoms with Crippen molar-refractivity contribution in [2.24, 2.45) is 0 Å². The summed E-state index contributed by atoms with van der Waals surface area (Å²) in [4.78, 5) is 0. The van der Waals surface area contributed by atoms with E-state index in [0.29, 0.717) is 18.8 Å². The maximum Gasteiger partial charge on any atom is 0.148 e. The zero-order chi connectivity index (χ0) is 10.8. The van der Waals surface area contributed by atoms with Gasteiger partial charge < -0.3 is 5.73 Å². The summed E-state index contributed by atoms with van der Waals surface area (Å²) in [6, 6.07) is 0. The second-order valence-electron chi connectivity index (χ2n) is 3.44. The molecule has 0 aliphatic rings. The molecule has 1 aromatic rings. The lowest BCUT2D eigenvalue weighted by Gasteiger charge is -1.99. The maximum absolute atomic E-state index is 10.8. The number of hydrogen-bond donors (Lipinski definition) is 1. The molecule has 1 heterocycles. The molecule has 0 unspecified atom stereocenters. The number of sulfone groups is 1. The van der Waals surface area contributed by atoms with Crippen LogP contribution in [0.3, 0.4) is 0 Å². The van der Waals surface area contributed by atoms with Gasteiger partial charge in [0, 0.05) is 24.6 Å². The Morgan fingerprint density at radius 1 is 1.57 bits per heavy atom. The van der Waals surface area contributed by atoms with Crippen molar-refractivity contribution in [1.29, 1.82) is 0 Å². The molecule has 0 spiro atoms. The van der Waals surface area contributed by atoms with E-state index in [0.717, 1.165) is 5.56 Å². The van der Waals surface area contributed by atoms with E-state index >= 15 is 0 Å². The van der Waals surface area contributed by atoms with Crippen molar-refractivity contribution in [1.82, 2.24) is 9.78 Å². The van der Waals surface area contributed by atoms with Crippen molar-refractivity contribution in [3.8, 4) is 0 Å². The van der Waals surface area contributed by atoms with Gasteiger partial charge in [0.1, 0.15) is 15.7 Å². The standard InChI is InChI=1S/C8H15N3O2S/c1-7-6-11(10-8(7)9)4-3-5-14(2,12)13/h6H,3-5H2,1-2H3,(H2,9,10). The third kappa shape index (κ3) is 3.37. The van der Waals surface area contributed by atoms with E-state index in [1.165, 1.54) is 6.26 Å². The molecule has 0 saturated heterocycles. The molecule has 14 heavy (non-hydrogen) atoms. The first kappa shape index (κ1) is 11.0. The second-order valence-corrected chi connectivity index (χ2v) is 5.70. The highest BCUT2D eigenvalue weighted by atomic mass is 32.2. The molecule has 0 radical (unpaired) electrons. The molecular weight excluding hydrogens is 202 g/mol. The molecule has 0 aliphatic heterocycles. The Balaban J connectivity index is 2.47. The van der Waals surface area contributed by atoms with Crippen molar-refractivity contribution in [3.05, 3.63) is 11.8 Å². The summed E-state index contributed by atoms with van der Waals surface area (Å²) in [6.07, 6.45) is 3.62. The monoisotopic (exact) mass is 217 g/mol. The summed E-state index contributed by atoms with van der Waals surface area (Å²) in [7, 11) is -2.87. The molecular formula is C8H15N3O2S. The number of aromatic nitrogens is 2. The molecule has 5 nitrogen and oxygen atoms in total. The van der Waals surface area contributed by atoms with Crippen molar-refractivity contribution in [2.75, 3.05) is 17.7 Å². The summed E-state index contributed by atoms with van der Waals surface area (Å²) in [5.74, 6) is 0.690. The lowest BCUT2D eigenvalue weighted by atomic mass is 10.4. The summed E-state index contributed by atoms with van der Waals surface area (Å²) in [5.41, 5.74) is 6.47. The Labute approximate surface area is 83.8 Å². The average Bonchev–Trinajstić information content (AvgIpc) is 2.28. The van der Waals surface area contributed by atoms with Crippen LogP contribution < -0.4 is 5.73 Å². The van der Waals surface area contributed by atoms with Crippen LogP contribution in [-0.4, -0.2) is 30.2 Å². The van der Waals surface area contributed by atoms with E-state index in [4.69, 9.17) is 5.73 Å². The van der Waals surface area contributed by atoms with E-state index in [1.807, 2.05) is 13.1 Å². The summed E-state index contributed by atoms with van der Waals surface area (Å²) < 4.78 is 23.4. The Morgan fingerprint density at radius 2 is 2.21 bits per heavy atom. The minimum Gasteiger partial charge on any atom is -0.382 e. The predicted molar refractivity (Wildman–Crippen MR) is 55.7 cm³/mol. The van der Waals surface area contributed by atoms with Crippen molar-refractivity contribution in [2.45, 2.75) is 19.9 Å². The maximum atomic E-state index is 10.8. The van der Waals surface area contributed by atoms with Gasteiger partial charge in [0.2, 0.25) is 0 Å². The van der Waals surface area contributed by atoms with Crippen LogP contribution in [0.4, 0.5) is 5.82 Å². The minimum atomic E-state index is -2.87. The smallest absolute Gasteiger partial charge is 0.148 e. The molecule has 1 aromatic heterocycles. The molecule has 0 saturated carbocycles. The highest BCUT2D eigenvalue weighted by Crippen LogP contribution is 2.06. The van der Waals surface area contributed by atoms with Crippen LogP contribution in [0, 0.1) is 6.92 Å². The Hall–Kier alpha value is -1.04. The highest BCUT2D eigenvalue weighted by molar-refractivity contribution is 7.90. The Morgan fingerprint density at radius 3 is 2.64 bits per heavy atom. The fourth-order valence-corrected chi connectivity index (χ4v) is 1.79. The van der Waals surface area contributed by atoms with Gasteiger partial charge in [-0.15, -0.1) is 0 Å². The van der Waals surface area contributed by atoms with Gasteiger partial charge in [-0.3, -0.25) is 4.68 Å². The summed E-state index contributed by atoms with van der Waals surface area (Å²) in [6.45, 7) is 2.46. The van der Waals surface area contributed by atoms with Gasteiger partial charge in [0.05, 0.1) is 5.75 Å². The van der Waals surface area contributed by atoms with Crippen LogP contribution in [0.1, 0.15) is 12.0 Å². The van der Waals surface area contributed by atoms with Gasteiger partial charge in [-0.05, 0) is 13.3 Å². The zero-order valence-corrected chi connectivity index (χ0v) is 9.21. The molecule has 1 rings (SSSR count). The molecule has 0 amide bonds. The fraction of sp³-hybridized carbons (Fsp3) is 0.625. The average molecular weight is 217 g/mol. The summed E-state index contributed by atoms with van der Waals surface area (Å²) >= 11 is 0. The number of hydrogen-bond acceptors (Lipinski definition) is 4. The molecule has 0 bridgehead atoms. The van der Waals surface area contributed by atoms with Gasteiger partial charge in [0.15, 0.2) is 0 Å². The van der Waals surface area contributed by atoms with Crippen molar-refractivity contribution in [3.63, 3.8) is 0 Å². The lowest BCUT2D eigenvalue weighted by Crippen LogP contribution is -2.07. The molecule has 0 aliphatic carbocycles. The van der Waals surface area contributed by atoms with Crippen LogP contribution in [0.15, 0.2) is 6.20 Å². The van der Waals surface area contributed by atoms with Crippen LogP contribution in [0.5, 0.6) is 0 Å². The van der Waals surface area contributed by atoms with Crippen LogP contribution in [0.25, 0.3) is 0 Å². The summed E-state index contributed by atoms with van der Waals surface area (Å²) in [5, 5.41) is 4.03. The van der Waals surface area contributed by atoms with Crippen LogP contribution >= 0.6 is 0 Å². The molecule has 0 aromatic carbocycles. The number of nitrogens with two attached hydrogens (primary N) is 1. The number of nitrogens with zero attached hydrogens (tertiary/aromatic N) is 2. The first-order valence-electron chi connectivity index (χ1n) is 4.36. The second kappa shape index (κ2) is 4.00. The normalized spacial score (nSPS) is 11.9. The number of aryl methyl sites for hydroxylation is 2. The van der Waals surface area contributed by atoms with Crippen molar-refractivity contribution >= 4 is 15.7 Å². The van der Waals surface area contributed by atoms with Crippen LogP contribution in [-0.2, 0) is 16.4 Å². The fourth-order valence-electron chi connectivity index (χ4n) is 1.14. The zero-order valence-electron chi connectivity index (χ0n) is 8.40. The number of anilines is 1. The first-order chi connectivity index (χ1) is 6.38. The number of nitrogen functional groups attached to an aromatic ring is 1. The molecule has 0 fully saturated rings. The highest BCUT2D eigenvalue weighted by Gasteiger charge is 2.04.